The zero-order valence-corrected chi connectivity index (χ0v) is 10.8. The highest BCUT2D eigenvalue weighted by Crippen LogP contribution is 2.16. The summed E-state index contributed by atoms with van der Waals surface area (Å²) in [6.45, 7) is 1.58. The lowest BCUT2D eigenvalue weighted by Gasteiger charge is -2.05. The van der Waals surface area contributed by atoms with Crippen molar-refractivity contribution in [1.29, 1.82) is 0 Å². The van der Waals surface area contributed by atoms with E-state index < -0.39 is 5.82 Å². The predicted octanol–water partition coefficient (Wildman–Crippen LogP) is 2.86. The molecule has 0 saturated carbocycles. The number of nitrogens with two attached hydrogens (primary N) is 1. The second-order valence-corrected chi connectivity index (χ2v) is 4.65. The lowest BCUT2D eigenvalue weighted by molar-refractivity contribution is 0.603. The molecule has 0 atom stereocenters. The van der Waals surface area contributed by atoms with E-state index >= 15 is 0 Å². The van der Waals surface area contributed by atoms with E-state index in [0.29, 0.717) is 12.2 Å². The fraction of sp³-hybridized carbons (Fsp3) is 0.167. The minimum atomic E-state index is -0.539. The third-order valence-electron chi connectivity index (χ3n) is 2.34. The standard InChI is InChI=1S/C12H11BrFN3/c1-7-11(14)12(15)17-10(16-7)6-8-3-2-4-9(13)5-8/h2-5H,6H2,1H3,(H2,15,16,17). The lowest BCUT2D eigenvalue weighted by Crippen LogP contribution is -2.06. The number of halogens is 2. The molecule has 88 valence electrons. The summed E-state index contributed by atoms with van der Waals surface area (Å²) in [5, 5.41) is 0. The molecule has 1 aromatic carbocycles. The van der Waals surface area contributed by atoms with Crippen LogP contribution in [0.25, 0.3) is 0 Å². The molecule has 0 bridgehead atoms. The summed E-state index contributed by atoms with van der Waals surface area (Å²) in [5.74, 6) is -0.106. The molecule has 2 aromatic rings. The van der Waals surface area contributed by atoms with E-state index in [1.54, 1.807) is 6.92 Å². The molecule has 0 aliphatic carbocycles. The summed E-state index contributed by atoms with van der Waals surface area (Å²) >= 11 is 3.39. The Labute approximate surface area is 107 Å². The highest BCUT2D eigenvalue weighted by atomic mass is 79.9. The van der Waals surface area contributed by atoms with Gasteiger partial charge in [0.2, 0.25) is 0 Å². The summed E-state index contributed by atoms with van der Waals surface area (Å²) < 4.78 is 14.2. The molecule has 0 fully saturated rings. The van der Waals surface area contributed by atoms with Gasteiger partial charge in [0.05, 0.1) is 5.69 Å². The number of benzene rings is 1. The fourth-order valence-corrected chi connectivity index (χ4v) is 2.00. The van der Waals surface area contributed by atoms with Crippen LogP contribution in [0.1, 0.15) is 17.1 Å². The van der Waals surface area contributed by atoms with Crippen molar-refractivity contribution in [2.45, 2.75) is 13.3 Å². The Kier molecular flexibility index (Phi) is 3.38. The Bertz CT molecular complexity index is 534. The zero-order chi connectivity index (χ0) is 12.4. The number of hydrogen-bond acceptors (Lipinski definition) is 3. The number of nitrogens with zero attached hydrogens (tertiary/aromatic N) is 2. The zero-order valence-electron chi connectivity index (χ0n) is 9.24. The van der Waals surface area contributed by atoms with Crippen molar-refractivity contribution in [3.8, 4) is 0 Å². The van der Waals surface area contributed by atoms with Crippen LogP contribution in [0, 0.1) is 12.7 Å². The summed E-state index contributed by atoms with van der Waals surface area (Å²) in [7, 11) is 0. The van der Waals surface area contributed by atoms with Crippen LogP contribution in [0.5, 0.6) is 0 Å². The van der Waals surface area contributed by atoms with Crippen molar-refractivity contribution in [2.75, 3.05) is 5.73 Å². The Morgan fingerprint density at radius 2 is 2.12 bits per heavy atom. The molecule has 0 spiro atoms. The smallest absolute Gasteiger partial charge is 0.186 e. The first-order valence-electron chi connectivity index (χ1n) is 5.09. The minimum Gasteiger partial charge on any atom is -0.381 e. The van der Waals surface area contributed by atoms with E-state index in [4.69, 9.17) is 5.73 Å². The van der Waals surface area contributed by atoms with E-state index in [2.05, 4.69) is 25.9 Å². The van der Waals surface area contributed by atoms with Crippen LogP contribution in [0.15, 0.2) is 28.7 Å². The van der Waals surface area contributed by atoms with Crippen molar-refractivity contribution in [3.05, 3.63) is 51.6 Å². The first kappa shape index (κ1) is 12.0. The molecule has 5 heteroatoms. The molecule has 0 aliphatic heterocycles. The van der Waals surface area contributed by atoms with Gasteiger partial charge >= 0.3 is 0 Å². The maximum atomic E-state index is 13.3. The first-order valence-corrected chi connectivity index (χ1v) is 5.88. The molecule has 1 aromatic heterocycles. The van der Waals surface area contributed by atoms with Gasteiger partial charge in [0.25, 0.3) is 0 Å². The molecule has 0 radical (unpaired) electrons. The van der Waals surface area contributed by atoms with Crippen molar-refractivity contribution in [1.82, 2.24) is 9.97 Å². The van der Waals surface area contributed by atoms with E-state index in [0.717, 1.165) is 10.0 Å². The molecule has 3 nitrogen and oxygen atoms in total. The predicted molar refractivity (Wildman–Crippen MR) is 68.1 cm³/mol. The summed E-state index contributed by atoms with van der Waals surface area (Å²) in [5.41, 5.74) is 6.80. The fourth-order valence-electron chi connectivity index (χ4n) is 1.55. The van der Waals surface area contributed by atoms with Gasteiger partial charge in [0, 0.05) is 10.9 Å². The van der Waals surface area contributed by atoms with Gasteiger partial charge in [-0.3, -0.25) is 0 Å². The van der Waals surface area contributed by atoms with Crippen LogP contribution >= 0.6 is 15.9 Å². The van der Waals surface area contributed by atoms with Crippen LogP contribution in [0.3, 0.4) is 0 Å². The molecule has 0 aliphatic rings. The topological polar surface area (TPSA) is 51.8 Å². The third-order valence-corrected chi connectivity index (χ3v) is 2.83. The van der Waals surface area contributed by atoms with Crippen LogP contribution in [0.4, 0.5) is 10.2 Å². The van der Waals surface area contributed by atoms with Crippen molar-refractivity contribution in [3.63, 3.8) is 0 Å². The second kappa shape index (κ2) is 4.79. The van der Waals surface area contributed by atoms with Gasteiger partial charge in [-0.15, -0.1) is 0 Å². The van der Waals surface area contributed by atoms with Gasteiger partial charge in [0.15, 0.2) is 11.6 Å². The molecule has 1 heterocycles. The number of aromatic nitrogens is 2. The van der Waals surface area contributed by atoms with Crippen LogP contribution in [-0.2, 0) is 6.42 Å². The summed E-state index contributed by atoms with van der Waals surface area (Å²) in [6.07, 6.45) is 0.532. The lowest BCUT2D eigenvalue weighted by atomic mass is 10.1. The van der Waals surface area contributed by atoms with Gasteiger partial charge in [0.1, 0.15) is 5.82 Å². The number of anilines is 1. The number of rotatable bonds is 2. The molecule has 0 saturated heterocycles. The third kappa shape index (κ3) is 2.79. The number of aryl methyl sites for hydroxylation is 1. The highest BCUT2D eigenvalue weighted by molar-refractivity contribution is 9.10. The van der Waals surface area contributed by atoms with Crippen molar-refractivity contribution in [2.24, 2.45) is 0 Å². The molecular formula is C12H11BrFN3. The molecule has 0 unspecified atom stereocenters. The quantitative estimate of drug-likeness (QED) is 0.927. The monoisotopic (exact) mass is 295 g/mol. The van der Waals surface area contributed by atoms with Crippen LogP contribution in [0.2, 0.25) is 0 Å². The van der Waals surface area contributed by atoms with Crippen LogP contribution in [-0.4, -0.2) is 9.97 Å². The second-order valence-electron chi connectivity index (χ2n) is 3.73. The molecule has 2 N–H and O–H groups in total. The van der Waals surface area contributed by atoms with E-state index in [-0.39, 0.29) is 11.5 Å². The average Bonchev–Trinajstić information content (AvgIpc) is 2.26. The summed E-state index contributed by atoms with van der Waals surface area (Å²) in [4.78, 5) is 8.01. The normalized spacial score (nSPS) is 10.5. The number of nitrogen functional groups attached to an aromatic ring is 1. The average molecular weight is 296 g/mol. The van der Waals surface area contributed by atoms with Gasteiger partial charge < -0.3 is 5.73 Å². The maximum absolute atomic E-state index is 13.3. The Morgan fingerprint density at radius 3 is 2.76 bits per heavy atom. The van der Waals surface area contributed by atoms with E-state index in [9.17, 15) is 4.39 Å². The minimum absolute atomic E-state index is 0.0949. The van der Waals surface area contributed by atoms with Gasteiger partial charge in [-0.25, -0.2) is 14.4 Å². The Hall–Kier alpha value is -1.49. The van der Waals surface area contributed by atoms with Gasteiger partial charge in [-0.05, 0) is 24.6 Å². The Morgan fingerprint density at radius 1 is 1.35 bits per heavy atom. The van der Waals surface area contributed by atoms with Crippen molar-refractivity contribution < 1.29 is 4.39 Å². The molecule has 2 rings (SSSR count). The van der Waals surface area contributed by atoms with E-state index in [1.807, 2.05) is 24.3 Å². The van der Waals surface area contributed by atoms with Crippen LogP contribution < -0.4 is 5.73 Å². The maximum Gasteiger partial charge on any atom is 0.186 e. The largest absolute Gasteiger partial charge is 0.381 e. The SMILES string of the molecule is Cc1nc(Cc2cccc(Br)c2)nc(N)c1F. The van der Waals surface area contributed by atoms with E-state index in [1.165, 1.54) is 0 Å². The molecular weight excluding hydrogens is 285 g/mol. The molecule has 0 amide bonds. The Balaban J connectivity index is 2.31. The first-order chi connectivity index (χ1) is 8.06. The summed E-state index contributed by atoms with van der Waals surface area (Å²) in [6, 6.07) is 7.80. The highest BCUT2D eigenvalue weighted by Gasteiger charge is 2.08. The van der Waals surface area contributed by atoms with Gasteiger partial charge in [-0.1, -0.05) is 28.1 Å². The van der Waals surface area contributed by atoms with Gasteiger partial charge in [-0.2, -0.15) is 0 Å². The molecule has 17 heavy (non-hydrogen) atoms. The van der Waals surface area contributed by atoms with Crippen molar-refractivity contribution >= 4 is 21.7 Å². The number of hydrogen-bond donors (Lipinski definition) is 1.